The van der Waals surface area contributed by atoms with Gasteiger partial charge in [-0.3, -0.25) is 9.69 Å². The van der Waals surface area contributed by atoms with Gasteiger partial charge in [-0.25, -0.2) is 0 Å². The Morgan fingerprint density at radius 1 is 1.07 bits per heavy atom. The zero-order valence-corrected chi connectivity index (χ0v) is 16.9. The highest BCUT2D eigenvalue weighted by Crippen LogP contribution is 2.36. The molecule has 1 fully saturated rings. The maximum atomic E-state index is 12.8. The van der Waals surface area contributed by atoms with Crippen molar-refractivity contribution in [2.75, 3.05) is 18.6 Å². The lowest BCUT2D eigenvalue weighted by Gasteiger charge is -2.14. The molecule has 1 saturated heterocycles. The van der Waals surface area contributed by atoms with E-state index in [9.17, 15) is 4.79 Å². The average molecular weight is 400 g/mol. The monoisotopic (exact) mass is 399 g/mol. The SMILES string of the molecule is CCCCOc1ccc(/C=C2/SC(=S)N(c3ccc(OC)cc3)C2=O)cc1. The van der Waals surface area contributed by atoms with Crippen LogP contribution in [0.25, 0.3) is 6.08 Å². The molecular weight excluding hydrogens is 378 g/mol. The lowest BCUT2D eigenvalue weighted by atomic mass is 10.2. The molecule has 0 unspecified atom stereocenters. The standard InChI is InChI=1S/C21H21NO3S2/c1-3-4-13-25-18-9-5-15(6-10-18)14-19-20(23)22(21(26)27-19)16-7-11-17(24-2)12-8-16/h5-12,14H,3-4,13H2,1-2H3/b19-14+. The summed E-state index contributed by atoms with van der Waals surface area (Å²) in [4.78, 5) is 15.0. The summed E-state index contributed by atoms with van der Waals surface area (Å²) in [5, 5.41) is 0. The van der Waals surface area contributed by atoms with Crippen molar-refractivity contribution >= 4 is 46.0 Å². The fraction of sp³-hybridized carbons (Fsp3) is 0.238. The largest absolute Gasteiger partial charge is 0.497 e. The Morgan fingerprint density at radius 3 is 2.37 bits per heavy atom. The van der Waals surface area contributed by atoms with Crippen molar-refractivity contribution in [3.63, 3.8) is 0 Å². The predicted molar refractivity (Wildman–Crippen MR) is 115 cm³/mol. The molecule has 0 N–H and O–H groups in total. The van der Waals surface area contributed by atoms with Gasteiger partial charge in [0.15, 0.2) is 4.32 Å². The van der Waals surface area contributed by atoms with E-state index in [1.807, 2.05) is 54.6 Å². The zero-order valence-electron chi connectivity index (χ0n) is 15.3. The number of anilines is 1. The van der Waals surface area contributed by atoms with Crippen molar-refractivity contribution in [2.24, 2.45) is 0 Å². The molecule has 0 radical (unpaired) electrons. The Morgan fingerprint density at radius 2 is 1.74 bits per heavy atom. The van der Waals surface area contributed by atoms with Gasteiger partial charge < -0.3 is 9.47 Å². The van der Waals surface area contributed by atoms with Crippen molar-refractivity contribution in [3.05, 3.63) is 59.0 Å². The Bertz CT molecular complexity index is 845. The fourth-order valence-electron chi connectivity index (χ4n) is 2.57. The number of carbonyl (C=O) groups is 1. The average Bonchev–Trinajstić information content (AvgIpc) is 2.97. The number of rotatable bonds is 7. The molecule has 6 heteroatoms. The Balaban J connectivity index is 1.73. The summed E-state index contributed by atoms with van der Waals surface area (Å²) in [6.07, 6.45) is 4.00. The smallest absolute Gasteiger partial charge is 0.270 e. The van der Waals surface area contributed by atoms with E-state index in [-0.39, 0.29) is 5.91 Å². The van der Waals surface area contributed by atoms with Gasteiger partial charge in [-0.1, -0.05) is 49.5 Å². The van der Waals surface area contributed by atoms with E-state index in [1.165, 1.54) is 11.8 Å². The molecule has 4 nitrogen and oxygen atoms in total. The molecule has 0 aromatic heterocycles. The molecule has 0 spiro atoms. The molecule has 0 aliphatic carbocycles. The number of ether oxygens (including phenoxy) is 2. The van der Waals surface area contributed by atoms with Crippen molar-refractivity contribution in [2.45, 2.75) is 19.8 Å². The second kappa shape index (κ2) is 9.06. The number of thioether (sulfide) groups is 1. The highest BCUT2D eigenvalue weighted by Gasteiger charge is 2.33. The quantitative estimate of drug-likeness (QED) is 0.360. The molecule has 1 aliphatic heterocycles. The summed E-state index contributed by atoms with van der Waals surface area (Å²) < 4.78 is 11.4. The first kappa shape index (κ1) is 19.5. The minimum Gasteiger partial charge on any atom is -0.497 e. The second-order valence-electron chi connectivity index (χ2n) is 5.99. The number of amides is 1. The fourth-order valence-corrected chi connectivity index (χ4v) is 3.87. The van der Waals surface area contributed by atoms with Crippen LogP contribution in [0.5, 0.6) is 11.5 Å². The van der Waals surface area contributed by atoms with Gasteiger partial charge in [-0.2, -0.15) is 0 Å². The maximum Gasteiger partial charge on any atom is 0.270 e. The third-order valence-electron chi connectivity index (χ3n) is 4.07. The van der Waals surface area contributed by atoms with E-state index in [0.717, 1.165) is 42.2 Å². The lowest BCUT2D eigenvalue weighted by Crippen LogP contribution is -2.27. The summed E-state index contributed by atoms with van der Waals surface area (Å²) in [7, 11) is 1.61. The van der Waals surface area contributed by atoms with Gasteiger partial charge >= 0.3 is 0 Å². The summed E-state index contributed by atoms with van der Waals surface area (Å²) in [6, 6.07) is 15.0. The number of methoxy groups -OCH3 is 1. The van der Waals surface area contributed by atoms with E-state index < -0.39 is 0 Å². The van der Waals surface area contributed by atoms with Crippen LogP contribution in [0.3, 0.4) is 0 Å². The predicted octanol–water partition coefficient (Wildman–Crippen LogP) is 5.28. The number of hydrogen-bond acceptors (Lipinski definition) is 5. The number of benzene rings is 2. The van der Waals surface area contributed by atoms with Crippen molar-refractivity contribution in [1.29, 1.82) is 0 Å². The first-order valence-electron chi connectivity index (χ1n) is 8.77. The molecule has 3 rings (SSSR count). The zero-order chi connectivity index (χ0) is 19.2. The minimum atomic E-state index is -0.113. The third kappa shape index (κ3) is 4.70. The molecular formula is C21H21NO3S2. The van der Waals surface area contributed by atoms with E-state index in [1.54, 1.807) is 12.0 Å². The van der Waals surface area contributed by atoms with Crippen LogP contribution in [0.15, 0.2) is 53.4 Å². The molecule has 2 aromatic carbocycles. The first-order chi connectivity index (χ1) is 13.1. The van der Waals surface area contributed by atoms with Crippen LogP contribution >= 0.6 is 24.0 Å². The van der Waals surface area contributed by atoms with Gasteiger partial charge in [0.25, 0.3) is 5.91 Å². The van der Waals surface area contributed by atoms with Crippen LogP contribution in [0.4, 0.5) is 5.69 Å². The maximum absolute atomic E-state index is 12.8. The Hall–Kier alpha value is -2.31. The van der Waals surface area contributed by atoms with E-state index in [4.69, 9.17) is 21.7 Å². The summed E-state index contributed by atoms with van der Waals surface area (Å²) in [5.41, 5.74) is 1.68. The van der Waals surface area contributed by atoms with Crippen LogP contribution in [-0.4, -0.2) is 23.9 Å². The Kier molecular flexibility index (Phi) is 6.53. The van der Waals surface area contributed by atoms with Crippen LogP contribution in [-0.2, 0) is 4.79 Å². The summed E-state index contributed by atoms with van der Waals surface area (Å²) in [5.74, 6) is 1.46. The van der Waals surface area contributed by atoms with Gasteiger partial charge in [0.05, 0.1) is 24.3 Å². The number of thiocarbonyl (C=S) groups is 1. The summed E-state index contributed by atoms with van der Waals surface area (Å²) in [6.45, 7) is 2.85. The Labute approximate surface area is 169 Å². The van der Waals surface area contributed by atoms with Gasteiger partial charge in [0, 0.05) is 0 Å². The van der Waals surface area contributed by atoms with Gasteiger partial charge in [-0.05, 0) is 54.5 Å². The number of nitrogens with zero attached hydrogens (tertiary/aromatic N) is 1. The third-order valence-corrected chi connectivity index (χ3v) is 5.37. The van der Waals surface area contributed by atoms with Gasteiger partial charge in [-0.15, -0.1) is 0 Å². The molecule has 1 amide bonds. The number of hydrogen-bond donors (Lipinski definition) is 0. The van der Waals surface area contributed by atoms with Crippen molar-refractivity contribution < 1.29 is 14.3 Å². The molecule has 0 bridgehead atoms. The van der Waals surface area contributed by atoms with Crippen LogP contribution in [0, 0.1) is 0 Å². The molecule has 0 saturated carbocycles. The lowest BCUT2D eigenvalue weighted by molar-refractivity contribution is -0.113. The van der Waals surface area contributed by atoms with Crippen molar-refractivity contribution in [3.8, 4) is 11.5 Å². The molecule has 2 aromatic rings. The first-order valence-corrected chi connectivity index (χ1v) is 9.99. The van der Waals surface area contributed by atoms with Crippen molar-refractivity contribution in [1.82, 2.24) is 0 Å². The molecule has 0 atom stereocenters. The second-order valence-corrected chi connectivity index (χ2v) is 7.66. The highest BCUT2D eigenvalue weighted by atomic mass is 32.2. The minimum absolute atomic E-state index is 0.113. The molecule has 140 valence electrons. The number of carbonyl (C=O) groups excluding carboxylic acids is 1. The molecule has 1 heterocycles. The summed E-state index contributed by atoms with van der Waals surface area (Å²) >= 11 is 6.72. The topological polar surface area (TPSA) is 38.8 Å². The molecule has 1 aliphatic rings. The van der Waals surface area contributed by atoms with Crippen LogP contribution < -0.4 is 14.4 Å². The van der Waals surface area contributed by atoms with Gasteiger partial charge in [0.2, 0.25) is 0 Å². The highest BCUT2D eigenvalue weighted by molar-refractivity contribution is 8.27. The number of unbranched alkanes of at least 4 members (excludes halogenated alkanes) is 1. The normalized spacial score (nSPS) is 15.5. The molecule has 27 heavy (non-hydrogen) atoms. The van der Waals surface area contributed by atoms with E-state index >= 15 is 0 Å². The van der Waals surface area contributed by atoms with E-state index in [0.29, 0.717) is 9.23 Å². The van der Waals surface area contributed by atoms with Crippen LogP contribution in [0.2, 0.25) is 0 Å². The van der Waals surface area contributed by atoms with E-state index in [2.05, 4.69) is 6.92 Å². The van der Waals surface area contributed by atoms with Crippen LogP contribution in [0.1, 0.15) is 25.3 Å². The van der Waals surface area contributed by atoms with Gasteiger partial charge in [0.1, 0.15) is 11.5 Å².